The predicted molar refractivity (Wildman–Crippen MR) is 90.3 cm³/mol. The van der Waals surface area contributed by atoms with Crippen LogP contribution in [-0.4, -0.2) is 23.1 Å². The van der Waals surface area contributed by atoms with E-state index in [2.05, 4.69) is 64.2 Å². The Morgan fingerprint density at radius 2 is 1.87 bits per heavy atom. The maximum atomic E-state index is 11.9. The van der Waals surface area contributed by atoms with E-state index in [0.29, 0.717) is 0 Å². The van der Waals surface area contributed by atoms with Gasteiger partial charge >= 0.3 is 0 Å². The Labute approximate surface area is 134 Å². The molecule has 2 bridgehead atoms. The minimum Gasteiger partial charge on any atom is -0.368 e. The third kappa shape index (κ3) is 1.58. The molecule has 3 aromatic rings. The molecule has 0 spiro atoms. The number of fused-ring (bicyclic) bond motifs is 1. The van der Waals surface area contributed by atoms with Crippen LogP contribution in [0.15, 0.2) is 60.8 Å². The molecule has 2 N–H and O–H groups in total. The van der Waals surface area contributed by atoms with E-state index in [1.165, 1.54) is 16.3 Å². The van der Waals surface area contributed by atoms with Gasteiger partial charge in [0, 0.05) is 18.7 Å². The van der Waals surface area contributed by atoms with Gasteiger partial charge in [0.15, 0.2) is 0 Å². The molecule has 3 atom stereocenters. The molecule has 0 radical (unpaired) electrons. The van der Waals surface area contributed by atoms with E-state index in [9.17, 15) is 4.79 Å². The second kappa shape index (κ2) is 4.38. The highest BCUT2D eigenvalue weighted by molar-refractivity contribution is 5.89. The van der Waals surface area contributed by atoms with E-state index < -0.39 is 0 Å². The van der Waals surface area contributed by atoms with E-state index in [1.807, 2.05) is 6.07 Å². The first-order chi connectivity index (χ1) is 11.3. The Hall–Kier alpha value is -2.75. The molecule has 1 fully saturated rings. The summed E-state index contributed by atoms with van der Waals surface area (Å²) < 4.78 is 2.29. The molecular weight excluding hydrogens is 286 g/mol. The van der Waals surface area contributed by atoms with Gasteiger partial charge in [0.05, 0.1) is 6.04 Å². The van der Waals surface area contributed by atoms with Crippen LogP contribution in [0.25, 0.3) is 10.8 Å². The van der Waals surface area contributed by atoms with E-state index >= 15 is 0 Å². The number of hydrogen-bond donors (Lipinski definition) is 1. The number of amides is 1. The van der Waals surface area contributed by atoms with Crippen LogP contribution < -0.4 is 10.6 Å². The van der Waals surface area contributed by atoms with Crippen molar-refractivity contribution in [2.45, 2.75) is 12.1 Å². The van der Waals surface area contributed by atoms with E-state index in [0.717, 1.165) is 12.4 Å². The van der Waals surface area contributed by atoms with Crippen LogP contribution in [0.5, 0.6) is 0 Å². The van der Waals surface area contributed by atoms with Gasteiger partial charge in [-0.2, -0.15) is 0 Å². The topological polar surface area (TPSA) is 51.3 Å². The van der Waals surface area contributed by atoms with Crippen LogP contribution in [0.1, 0.15) is 11.6 Å². The third-order valence-electron chi connectivity index (χ3n) is 5.34. The number of rotatable bonds is 2. The third-order valence-corrected chi connectivity index (χ3v) is 5.34. The van der Waals surface area contributed by atoms with Gasteiger partial charge in [0.25, 0.3) is 0 Å². The molecule has 114 valence electrons. The Morgan fingerprint density at radius 3 is 2.74 bits per heavy atom. The van der Waals surface area contributed by atoms with E-state index in [1.54, 1.807) is 0 Å². The normalized spacial score (nSPS) is 25.0. The maximum Gasteiger partial charge on any atom is 0.240 e. The fraction of sp³-hybridized carbons (Fsp3) is 0.211. The smallest absolute Gasteiger partial charge is 0.240 e. The Morgan fingerprint density at radius 1 is 1.04 bits per heavy atom. The van der Waals surface area contributed by atoms with Gasteiger partial charge in [-0.05, 0) is 28.5 Å². The number of benzene rings is 2. The lowest BCUT2D eigenvalue weighted by Gasteiger charge is -2.56. The number of primary amides is 1. The van der Waals surface area contributed by atoms with Gasteiger partial charge in [-0.3, -0.25) is 4.79 Å². The average Bonchev–Trinajstić information content (AvgIpc) is 3.02. The lowest BCUT2D eigenvalue weighted by molar-refractivity contribution is -0.123. The molecule has 23 heavy (non-hydrogen) atoms. The zero-order chi connectivity index (χ0) is 15.6. The molecule has 2 aromatic carbocycles. The fourth-order valence-corrected chi connectivity index (χ4v) is 4.37. The summed E-state index contributed by atoms with van der Waals surface area (Å²) in [6.07, 6.45) is 2.11. The van der Waals surface area contributed by atoms with Crippen molar-refractivity contribution in [1.29, 1.82) is 0 Å². The first kappa shape index (κ1) is 12.8. The predicted octanol–water partition coefficient (Wildman–Crippen LogP) is 2.53. The number of anilines is 1. The van der Waals surface area contributed by atoms with Gasteiger partial charge in [-0.1, -0.05) is 42.5 Å². The summed E-state index contributed by atoms with van der Waals surface area (Å²) in [7, 11) is 0. The van der Waals surface area contributed by atoms with Gasteiger partial charge in [0.1, 0.15) is 11.9 Å². The van der Waals surface area contributed by atoms with Gasteiger partial charge in [-0.15, -0.1) is 0 Å². The molecule has 0 saturated carbocycles. The second-order valence-corrected chi connectivity index (χ2v) is 6.45. The number of carbonyl (C=O) groups excluding carboxylic acids is 1. The van der Waals surface area contributed by atoms with E-state index in [4.69, 9.17) is 5.73 Å². The first-order valence-corrected chi connectivity index (χ1v) is 7.96. The summed E-state index contributed by atoms with van der Waals surface area (Å²) in [5.41, 5.74) is 6.95. The average molecular weight is 303 g/mol. The molecule has 4 heteroatoms. The van der Waals surface area contributed by atoms with Crippen molar-refractivity contribution >= 4 is 22.5 Å². The van der Waals surface area contributed by atoms with Crippen molar-refractivity contribution in [1.82, 2.24) is 4.57 Å². The summed E-state index contributed by atoms with van der Waals surface area (Å²) in [5.74, 6) is 1.10. The van der Waals surface area contributed by atoms with Crippen LogP contribution in [0.2, 0.25) is 0 Å². The molecule has 3 aliphatic heterocycles. The number of hydrogen-bond acceptors (Lipinski definition) is 2. The maximum absolute atomic E-state index is 11.9. The SMILES string of the molecule is NC(=O)C1C2CN1c1cccn1C2c1cccc2ccccc12. The number of nitrogens with two attached hydrogens (primary N) is 1. The van der Waals surface area contributed by atoms with Gasteiger partial charge in [0.2, 0.25) is 5.91 Å². The number of carbonyl (C=O) groups is 1. The van der Waals surface area contributed by atoms with Crippen LogP contribution >= 0.6 is 0 Å². The Bertz CT molecular complexity index is 924. The quantitative estimate of drug-likeness (QED) is 0.791. The van der Waals surface area contributed by atoms with E-state index in [-0.39, 0.29) is 23.9 Å². The summed E-state index contributed by atoms with van der Waals surface area (Å²) >= 11 is 0. The summed E-state index contributed by atoms with van der Waals surface area (Å²) in [4.78, 5) is 14.1. The van der Waals surface area contributed by atoms with Crippen LogP contribution in [-0.2, 0) is 4.79 Å². The molecule has 3 aliphatic rings. The zero-order valence-corrected chi connectivity index (χ0v) is 12.6. The van der Waals surface area contributed by atoms with Crippen molar-refractivity contribution in [3.05, 3.63) is 66.4 Å². The summed E-state index contributed by atoms with van der Waals surface area (Å²) in [6, 6.07) is 18.9. The summed E-state index contributed by atoms with van der Waals surface area (Å²) in [5, 5.41) is 2.49. The van der Waals surface area contributed by atoms with Crippen LogP contribution in [0.4, 0.5) is 5.82 Å². The molecule has 6 rings (SSSR count). The molecule has 1 saturated heterocycles. The van der Waals surface area contributed by atoms with Gasteiger partial charge in [-0.25, -0.2) is 0 Å². The summed E-state index contributed by atoms with van der Waals surface area (Å²) in [6.45, 7) is 0.894. The number of aromatic nitrogens is 1. The lowest BCUT2D eigenvalue weighted by atomic mass is 9.75. The van der Waals surface area contributed by atoms with Crippen molar-refractivity contribution in [3.8, 4) is 0 Å². The number of nitrogens with zero attached hydrogens (tertiary/aromatic N) is 2. The molecule has 3 unspecified atom stereocenters. The monoisotopic (exact) mass is 303 g/mol. The highest BCUT2D eigenvalue weighted by Gasteiger charge is 2.53. The largest absolute Gasteiger partial charge is 0.368 e. The van der Waals surface area contributed by atoms with Crippen molar-refractivity contribution < 1.29 is 4.79 Å². The fourth-order valence-electron chi connectivity index (χ4n) is 4.37. The highest BCUT2D eigenvalue weighted by Crippen LogP contribution is 2.49. The molecule has 0 aliphatic carbocycles. The minimum absolute atomic E-state index is 0.161. The molecular formula is C19H17N3O. The molecule has 4 nitrogen and oxygen atoms in total. The Kier molecular flexibility index (Phi) is 2.43. The zero-order valence-electron chi connectivity index (χ0n) is 12.6. The van der Waals surface area contributed by atoms with Crippen molar-refractivity contribution in [3.63, 3.8) is 0 Å². The minimum atomic E-state index is -0.223. The van der Waals surface area contributed by atoms with Crippen LogP contribution in [0, 0.1) is 5.92 Å². The van der Waals surface area contributed by atoms with Crippen LogP contribution in [0.3, 0.4) is 0 Å². The van der Waals surface area contributed by atoms with Crippen molar-refractivity contribution in [2.24, 2.45) is 11.7 Å². The molecule has 1 amide bonds. The standard InChI is InChI=1S/C19H17N3O/c20-19(23)18-15-11-22(18)16-9-4-10-21(16)17(15)14-8-3-6-12-5-1-2-7-13(12)14/h1-10,15,17-18H,11H2,(H2,20,23). The second-order valence-electron chi connectivity index (χ2n) is 6.45. The van der Waals surface area contributed by atoms with Crippen molar-refractivity contribution in [2.75, 3.05) is 11.4 Å². The lowest BCUT2D eigenvalue weighted by Crippen LogP contribution is -2.68. The first-order valence-electron chi connectivity index (χ1n) is 7.96. The Balaban J connectivity index is 1.75. The van der Waals surface area contributed by atoms with Gasteiger partial charge < -0.3 is 15.2 Å². The molecule has 1 aromatic heterocycles. The molecule has 4 heterocycles. The highest BCUT2D eigenvalue weighted by atomic mass is 16.1.